The zero-order valence-corrected chi connectivity index (χ0v) is 14.9. The number of hydrogen-bond acceptors (Lipinski definition) is 2. The topological polar surface area (TPSA) is 46.5 Å². The lowest BCUT2D eigenvalue weighted by atomic mass is 10.1. The van der Waals surface area contributed by atoms with Gasteiger partial charge in [0.2, 0.25) is 0 Å². The number of aliphatic carboxylic acids is 1. The Morgan fingerprint density at radius 1 is 1.33 bits per heavy atom. The summed E-state index contributed by atoms with van der Waals surface area (Å²) in [5.41, 5.74) is 3.18. The van der Waals surface area contributed by atoms with Crippen LogP contribution in [0.2, 0.25) is 18.1 Å². The third-order valence-electron chi connectivity index (χ3n) is 4.18. The molecule has 1 N–H and O–H groups in total. The molecule has 0 saturated heterocycles. The molecule has 0 spiro atoms. The first kappa shape index (κ1) is 17.7. The molecular weight excluding hydrogens is 280 g/mol. The lowest BCUT2D eigenvalue weighted by molar-refractivity contribution is -0.131. The fraction of sp³-hybridized carbons (Fsp3) is 0.471. The Hall–Kier alpha value is -1.39. The predicted molar refractivity (Wildman–Crippen MR) is 89.8 cm³/mol. The molecule has 116 valence electrons. The van der Waals surface area contributed by atoms with Gasteiger partial charge in [0.25, 0.3) is 0 Å². The van der Waals surface area contributed by atoms with E-state index in [-0.39, 0.29) is 5.04 Å². The summed E-state index contributed by atoms with van der Waals surface area (Å²) < 4.78 is 6.23. The molecule has 0 aliphatic heterocycles. The van der Waals surface area contributed by atoms with E-state index in [1.807, 2.05) is 25.1 Å². The number of benzene rings is 1. The van der Waals surface area contributed by atoms with Crippen molar-refractivity contribution >= 4 is 20.4 Å². The van der Waals surface area contributed by atoms with Gasteiger partial charge in [0.15, 0.2) is 8.32 Å². The van der Waals surface area contributed by atoms with Crippen LogP contribution in [-0.2, 0) is 15.8 Å². The second kappa shape index (κ2) is 6.58. The van der Waals surface area contributed by atoms with Crippen LogP contribution < -0.4 is 0 Å². The molecule has 0 radical (unpaired) electrons. The Morgan fingerprint density at radius 2 is 1.95 bits per heavy atom. The first-order valence-electron chi connectivity index (χ1n) is 7.17. The highest BCUT2D eigenvalue weighted by Crippen LogP contribution is 2.37. The molecule has 0 fully saturated rings. The quantitative estimate of drug-likeness (QED) is 0.638. The van der Waals surface area contributed by atoms with E-state index in [0.717, 1.165) is 22.8 Å². The van der Waals surface area contributed by atoms with Gasteiger partial charge in [-0.15, -0.1) is 0 Å². The van der Waals surface area contributed by atoms with Gasteiger partial charge in [-0.3, -0.25) is 0 Å². The normalized spacial score (nSPS) is 12.9. The van der Waals surface area contributed by atoms with Crippen LogP contribution in [-0.4, -0.2) is 19.4 Å². The van der Waals surface area contributed by atoms with E-state index in [9.17, 15) is 4.79 Å². The number of carbonyl (C=O) groups is 1. The Morgan fingerprint density at radius 3 is 2.43 bits per heavy atom. The molecule has 1 aromatic rings. The van der Waals surface area contributed by atoms with Gasteiger partial charge in [-0.05, 0) is 47.8 Å². The molecule has 0 amide bonds. The summed E-state index contributed by atoms with van der Waals surface area (Å²) in [6, 6.07) is 5.94. The maximum atomic E-state index is 10.5. The maximum absolute atomic E-state index is 10.5. The second-order valence-corrected chi connectivity index (χ2v) is 11.7. The molecule has 4 heteroatoms. The van der Waals surface area contributed by atoms with Gasteiger partial charge in [-0.1, -0.05) is 39.0 Å². The third kappa shape index (κ3) is 5.14. The molecule has 1 rings (SSSR count). The van der Waals surface area contributed by atoms with Crippen molar-refractivity contribution in [1.82, 2.24) is 0 Å². The van der Waals surface area contributed by atoms with Crippen LogP contribution in [0.5, 0.6) is 0 Å². The Labute approximate surface area is 128 Å². The third-order valence-corrected chi connectivity index (χ3v) is 8.66. The van der Waals surface area contributed by atoms with E-state index >= 15 is 0 Å². The van der Waals surface area contributed by atoms with Crippen LogP contribution in [0.25, 0.3) is 6.08 Å². The van der Waals surface area contributed by atoms with Crippen LogP contribution in [0.3, 0.4) is 0 Å². The summed E-state index contributed by atoms with van der Waals surface area (Å²) in [4.78, 5) is 10.5. The van der Waals surface area contributed by atoms with Gasteiger partial charge in [-0.2, -0.15) is 0 Å². The average Bonchev–Trinajstić information content (AvgIpc) is 2.33. The van der Waals surface area contributed by atoms with Crippen molar-refractivity contribution in [3.8, 4) is 0 Å². The van der Waals surface area contributed by atoms with Crippen LogP contribution in [0.4, 0.5) is 0 Å². The molecule has 0 unspecified atom stereocenters. The number of rotatable bonds is 5. The molecule has 0 atom stereocenters. The molecule has 0 saturated carbocycles. The van der Waals surface area contributed by atoms with E-state index in [1.54, 1.807) is 6.08 Å². The standard InChI is InChI=1S/C17H26O3Si/c1-13-11-14(8-10-16(18)19)7-9-15(13)12-20-21(5,6)17(2,3)4/h7-11H,12H2,1-6H3,(H,18,19)/b10-8+. The average molecular weight is 306 g/mol. The van der Waals surface area contributed by atoms with Crippen LogP contribution >= 0.6 is 0 Å². The zero-order valence-electron chi connectivity index (χ0n) is 13.9. The van der Waals surface area contributed by atoms with Crippen LogP contribution in [0, 0.1) is 6.92 Å². The van der Waals surface area contributed by atoms with E-state index in [4.69, 9.17) is 9.53 Å². The number of carboxylic acid groups (broad SMARTS) is 1. The molecule has 0 aliphatic carbocycles. The molecule has 1 aromatic carbocycles. The number of carboxylic acids is 1. The minimum absolute atomic E-state index is 0.199. The lowest BCUT2D eigenvalue weighted by Crippen LogP contribution is -2.40. The molecule has 0 aromatic heterocycles. The minimum atomic E-state index is -1.75. The van der Waals surface area contributed by atoms with Gasteiger partial charge in [0.05, 0.1) is 6.61 Å². The van der Waals surface area contributed by atoms with Crippen molar-refractivity contribution < 1.29 is 14.3 Å². The van der Waals surface area contributed by atoms with Crippen molar-refractivity contribution in [2.75, 3.05) is 0 Å². The van der Waals surface area contributed by atoms with Gasteiger partial charge < -0.3 is 9.53 Å². The highest BCUT2D eigenvalue weighted by Gasteiger charge is 2.37. The van der Waals surface area contributed by atoms with E-state index in [0.29, 0.717) is 6.61 Å². The van der Waals surface area contributed by atoms with Crippen molar-refractivity contribution in [3.63, 3.8) is 0 Å². The Bertz CT molecular complexity index is 539. The Kier molecular flexibility index (Phi) is 5.53. The van der Waals surface area contributed by atoms with Gasteiger partial charge in [-0.25, -0.2) is 4.79 Å². The van der Waals surface area contributed by atoms with Gasteiger partial charge >= 0.3 is 5.97 Å². The predicted octanol–water partition coefficient (Wildman–Crippen LogP) is 4.61. The van der Waals surface area contributed by atoms with Crippen LogP contribution in [0.1, 0.15) is 37.5 Å². The fourth-order valence-electron chi connectivity index (χ4n) is 1.63. The summed E-state index contributed by atoms with van der Waals surface area (Å²) in [7, 11) is -1.75. The SMILES string of the molecule is Cc1cc(/C=C/C(=O)O)ccc1CO[Si](C)(C)C(C)(C)C. The van der Waals surface area contributed by atoms with Crippen molar-refractivity contribution in [2.45, 2.75) is 52.4 Å². The maximum Gasteiger partial charge on any atom is 0.328 e. The highest BCUT2D eigenvalue weighted by molar-refractivity contribution is 6.74. The molecule has 0 aliphatic rings. The second-order valence-electron chi connectivity index (χ2n) is 6.91. The summed E-state index contributed by atoms with van der Waals surface area (Å²) >= 11 is 0. The summed E-state index contributed by atoms with van der Waals surface area (Å²) in [5.74, 6) is -0.932. The largest absolute Gasteiger partial charge is 0.478 e. The number of hydrogen-bond donors (Lipinski definition) is 1. The summed E-state index contributed by atoms with van der Waals surface area (Å²) in [6.45, 7) is 13.8. The van der Waals surface area contributed by atoms with Gasteiger partial charge in [0, 0.05) is 6.08 Å². The van der Waals surface area contributed by atoms with Gasteiger partial charge in [0.1, 0.15) is 0 Å². The molecular formula is C17H26O3Si. The summed E-state index contributed by atoms with van der Waals surface area (Å²) in [5, 5.41) is 8.85. The van der Waals surface area contributed by atoms with Crippen molar-refractivity contribution in [2.24, 2.45) is 0 Å². The molecule has 0 heterocycles. The van der Waals surface area contributed by atoms with Crippen molar-refractivity contribution in [1.29, 1.82) is 0 Å². The van der Waals surface area contributed by atoms with E-state index < -0.39 is 14.3 Å². The first-order chi connectivity index (χ1) is 9.53. The zero-order chi connectivity index (χ0) is 16.3. The number of aryl methyl sites for hydroxylation is 1. The minimum Gasteiger partial charge on any atom is -0.478 e. The monoisotopic (exact) mass is 306 g/mol. The first-order valence-corrected chi connectivity index (χ1v) is 10.1. The molecule has 21 heavy (non-hydrogen) atoms. The highest BCUT2D eigenvalue weighted by atomic mass is 28.4. The van der Waals surface area contributed by atoms with Crippen molar-refractivity contribution in [3.05, 3.63) is 41.0 Å². The van der Waals surface area contributed by atoms with Crippen LogP contribution in [0.15, 0.2) is 24.3 Å². The lowest BCUT2D eigenvalue weighted by Gasteiger charge is -2.36. The molecule has 3 nitrogen and oxygen atoms in total. The fourth-order valence-corrected chi connectivity index (χ4v) is 2.58. The van der Waals surface area contributed by atoms with E-state index in [2.05, 4.69) is 33.9 Å². The molecule has 0 bridgehead atoms. The Balaban J connectivity index is 2.80. The summed E-state index contributed by atoms with van der Waals surface area (Å²) in [6.07, 6.45) is 2.76. The van der Waals surface area contributed by atoms with E-state index in [1.165, 1.54) is 0 Å². The smallest absolute Gasteiger partial charge is 0.328 e.